The molecule has 12 saturated carbocycles. The van der Waals surface area contributed by atoms with Crippen molar-refractivity contribution in [3.05, 3.63) is 0 Å². The van der Waals surface area contributed by atoms with Gasteiger partial charge in [-0.15, -0.1) is 32.5 Å². The Bertz CT molecular complexity index is 1580. The number of carbonyl (C=O) groups excluding carboxylic acids is 2. The first kappa shape index (κ1) is 55.1. The van der Waals surface area contributed by atoms with Crippen molar-refractivity contribution < 1.29 is 38.0 Å². The third kappa shape index (κ3) is 12.1. The molecule has 18 N–H and O–H groups in total. The lowest BCUT2D eigenvalue weighted by atomic mass is 9.83. The fourth-order valence-corrected chi connectivity index (χ4v) is 17.2. The molecule has 0 heterocycles. The van der Waals surface area contributed by atoms with E-state index in [1.165, 1.54) is 44.0 Å². The van der Waals surface area contributed by atoms with Crippen molar-refractivity contribution in [2.45, 2.75) is 245 Å². The van der Waals surface area contributed by atoms with Gasteiger partial charge in [0.1, 0.15) is 0 Å². The van der Waals surface area contributed by atoms with Gasteiger partial charge < -0.3 is 50.4 Å². The molecule has 12 bridgehead atoms. The molecule has 0 atom stereocenters. The minimum absolute atomic E-state index is 0. The highest BCUT2D eigenvalue weighted by atomic mass is 35.5. The van der Waals surface area contributed by atoms with Crippen LogP contribution in [0.3, 0.4) is 0 Å². The number of esters is 1. The van der Waals surface area contributed by atoms with Gasteiger partial charge in [0.2, 0.25) is 5.91 Å². The van der Waals surface area contributed by atoms with Crippen LogP contribution in [0.15, 0.2) is 0 Å². The summed E-state index contributed by atoms with van der Waals surface area (Å²) in [6.07, 6.45) is 30.9. The van der Waals surface area contributed by atoms with Crippen molar-refractivity contribution in [2.75, 3.05) is 14.2 Å². The van der Waals surface area contributed by atoms with E-state index in [0.717, 1.165) is 180 Å². The van der Waals surface area contributed by atoms with Gasteiger partial charge in [0.15, 0.2) is 0 Å². The molecule has 0 radical (unpaired) electrons. The lowest BCUT2D eigenvalue weighted by Gasteiger charge is -2.23. The van der Waals surface area contributed by atoms with Crippen LogP contribution < -0.4 is 46.4 Å². The van der Waals surface area contributed by atoms with Gasteiger partial charge >= 0.3 is 5.97 Å². The van der Waals surface area contributed by atoms with Crippen molar-refractivity contribution in [1.29, 1.82) is 0 Å². The zero-order valence-corrected chi connectivity index (χ0v) is 43.0. The van der Waals surface area contributed by atoms with Crippen LogP contribution in [0.1, 0.15) is 193 Å². The summed E-state index contributed by atoms with van der Waals surface area (Å²) in [5.74, 6) is 4.61. The fraction of sp³-hybridized carbons (Fsp3) is 0.957. The Balaban J connectivity index is 0.000000131. The minimum atomic E-state index is -0.352. The summed E-state index contributed by atoms with van der Waals surface area (Å²) in [4.78, 5) is 31.5. The Labute approximate surface area is 411 Å². The van der Waals surface area contributed by atoms with Gasteiger partial charge in [0, 0.05) is 71.0 Å². The molecular weight excluding hydrogens is 928 g/mol. The number of carbonyl (C=O) groups is 2. The standard InChI is InChI=1S/C9H15NO2.C8H14N2O.C8H15NO2S.C7H10Cl2.C7H14N2O2S.C7H13NO.H3N/c1-12-7(11)8-2-4-9(10,6-8)5-3-8;9-6(11)7-1-3-8(10,5-7)4-2-7;1-10-11-12-8-4-2-7(9,6-8)3-5-8;8-6-1-2-7(9,5-6)4-3-6;8-6-1-3-7(5-6,4-2-6)12-11-10-9;8-6-1-3-7(9,5-6)4-2-6;/h2-6,10H2,1H3;1-5,10H2,(H2,9,11);2-6,9H2,1H3;1-5H2;1-5,8-9H2;9H,1-5,8H2;1H3. The van der Waals surface area contributed by atoms with Gasteiger partial charge in [0.25, 0.3) is 0 Å². The molecular formula is C46H84Cl2N8O8S2. The van der Waals surface area contributed by atoms with Gasteiger partial charge in [-0.1, -0.05) is 0 Å². The highest BCUT2D eigenvalue weighted by Crippen LogP contribution is 2.60. The Kier molecular flexibility index (Phi) is 16.7. The maximum absolute atomic E-state index is 11.5. The number of hydrogen-bond donors (Lipinski definition) is 9. The molecule has 12 aliphatic rings. The van der Waals surface area contributed by atoms with E-state index in [-0.39, 0.29) is 81.4 Å². The number of aliphatic hydroxyl groups is 1. The van der Waals surface area contributed by atoms with Gasteiger partial charge in [-0.05, 0) is 193 Å². The van der Waals surface area contributed by atoms with Crippen LogP contribution in [-0.4, -0.2) is 83.7 Å². The molecule has 0 aliphatic heterocycles. The molecule has 0 saturated heterocycles. The number of ether oxygens (including phenoxy) is 1. The zero-order chi connectivity index (χ0) is 47.3. The molecule has 0 aromatic heterocycles. The maximum atomic E-state index is 11.5. The average molecular weight is 1010 g/mol. The summed E-state index contributed by atoms with van der Waals surface area (Å²) in [6, 6.07) is 0. The van der Waals surface area contributed by atoms with Crippen LogP contribution in [0.4, 0.5) is 0 Å². The first-order valence-corrected chi connectivity index (χ1v) is 26.5. The number of fused-ring (bicyclic) bond motifs is 12. The number of primary amides is 1. The monoisotopic (exact) mass is 1010 g/mol. The second-order valence-electron chi connectivity index (χ2n) is 23.7. The SMILES string of the molecule is COC(=O)C12CCC(N)(CC1)C2.COOSC12CCC(N)(CC1)C2.ClC12CCC(Cl)(CC1)C2.N.NC(=O)C12CCC(N)(CC1)C2.NC12CCC(O)(CC1)C2.NOOSC12CCC(N)(CC1)C2. The summed E-state index contributed by atoms with van der Waals surface area (Å²) < 4.78 is 14.9. The van der Waals surface area contributed by atoms with Crippen LogP contribution in [0.2, 0.25) is 0 Å². The van der Waals surface area contributed by atoms with Crippen molar-refractivity contribution in [1.82, 2.24) is 6.15 Å². The minimum Gasteiger partial charge on any atom is -0.469 e. The van der Waals surface area contributed by atoms with E-state index in [2.05, 4.69) is 9.88 Å². The topological polar surface area (TPSA) is 318 Å². The molecule has 12 fully saturated rings. The molecule has 0 unspecified atom stereocenters. The van der Waals surface area contributed by atoms with Crippen molar-refractivity contribution in [3.63, 3.8) is 0 Å². The summed E-state index contributed by atoms with van der Waals surface area (Å²) in [7, 11) is 3.01. The van der Waals surface area contributed by atoms with Crippen molar-refractivity contribution in [2.24, 2.45) is 51.1 Å². The summed E-state index contributed by atoms with van der Waals surface area (Å²) >= 11 is 15.2. The van der Waals surface area contributed by atoms with E-state index in [0.29, 0.717) is 0 Å². The number of rotatable bonds is 8. The number of halogens is 2. The summed E-state index contributed by atoms with van der Waals surface area (Å²) in [5.41, 5.74) is 35.0. The van der Waals surface area contributed by atoms with Crippen LogP contribution in [0, 0.1) is 10.8 Å². The van der Waals surface area contributed by atoms with Crippen LogP contribution >= 0.6 is 47.3 Å². The number of nitrogens with two attached hydrogens (primary N) is 7. The molecule has 12 rings (SSSR count). The predicted molar refractivity (Wildman–Crippen MR) is 261 cm³/mol. The summed E-state index contributed by atoms with van der Waals surface area (Å²) in [6.45, 7) is 0. The second kappa shape index (κ2) is 20.0. The molecule has 0 aromatic rings. The first-order valence-electron chi connectivity index (χ1n) is 24.3. The maximum Gasteiger partial charge on any atom is 0.311 e. The highest BCUT2D eigenvalue weighted by molar-refractivity contribution is 7.96. The average Bonchev–Trinajstić information content (AvgIpc) is 4.14. The Morgan fingerprint density at radius 3 is 1.05 bits per heavy atom. The Hall–Kier alpha value is -0.260. The van der Waals surface area contributed by atoms with Crippen LogP contribution in [0.5, 0.6) is 0 Å². The van der Waals surface area contributed by atoms with Gasteiger partial charge in [-0.3, -0.25) is 9.59 Å². The lowest BCUT2D eigenvalue weighted by Crippen LogP contribution is -2.34. The lowest BCUT2D eigenvalue weighted by molar-refractivity contribution is -0.196. The number of methoxy groups -OCH3 is 1. The van der Waals surface area contributed by atoms with E-state index < -0.39 is 0 Å². The molecule has 0 aromatic carbocycles. The second-order valence-corrected chi connectivity index (χ2v) is 27.7. The highest BCUT2D eigenvalue weighted by Gasteiger charge is 2.59. The Morgan fingerprint density at radius 1 is 0.485 bits per heavy atom. The van der Waals surface area contributed by atoms with E-state index >= 15 is 0 Å². The van der Waals surface area contributed by atoms with Gasteiger partial charge in [-0.25, -0.2) is 4.89 Å². The third-order valence-corrected chi connectivity index (χ3v) is 21.8. The largest absolute Gasteiger partial charge is 0.469 e. The number of amides is 1. The number of hydrogen-bond acceptors (Lipinski definition) is 17. The summed E-state index contributed by atoms with van der Waals surface area (Å²) in [5, 5.41) is 9.63. The van der Waals surface area contributed by atoms with E-state index in [1.807, 2.05) is 0 Å². The van der Waals surface area contributed by atoms with Crippen molar-refractivity contribution >= 4 is 59.2 Å². The molecule has 16 nitrogen and oxygen atoms in total. The van der Waals surface area contributed by atoms with E-state index in [9.17, 15) is 14.7 Å². The molecule has 1 amide bonds. The quantitative estimate of drug-likeness (QED) is 0.0391. The zero-order valence-electron chi connectivity index (χ0n) is 39.8. The predicted octanol–water partition coefficient (Wildman–Crippen LogP) is 6.93. The molecule has 66 heavy (non-hydrogen) atoms. The third-order valence-electron chi connectivity index (χ3n) is 18.7. The van der Waals surface area contributed by atoms with E-state index in [1.54, 1.807) is 7.11 Å². The van der Waals surface area contributed by atoms with Gasteiger partial charge in [-0.2, -0.15) is 10.2 Å². The van der Waals surface area contributed by atoms with Gasteiger partial charge in [0.05, 0.1) is 30.7 Å². The molecule has 0 spiro atoms. The fourth-order valence-electron chi connectivity index (χ4n) is 14.4. The van der Waals surface area contributed by atoms with Crippen LogP contribution in [0.25, 0.3) is 0 Å². The number of alkyl halides is 2. The first-order chi connectivity index (χ1) is 30.3. The smallest absolute Gasteiger partial charge is 0.311 e. The van der Waals surface area contributed by atoms with E-state index in [4.69, 9.17) is 76.9 Å². The van der Waals surface area contributed by atoms with Crippen LogP contribution in [-0.2, 0) is 32.9 Å². The molecule has 12 aliphatic carbocycles. The Morgan fingerprint density at radius 2 is 0.833 bits per heavy atom. The molecule has 20 heteroatoms. The molecule has 382 valence electrons. The normalized spacial score (nSPS) is 48.2. The van der Waals surface area contributed by atoms with Crippen molar-refractivity contribution in [3.8, 4) is 0 Å².